The van der Waals surface area contributed by atoms with E-state index in [9.17, 15) is 4.39 Å². The maximum Gasteiger partial charge on any atom is 0.123 e. The van der Waals surface area contributed by atoms with E-state index in [1.165, 1.54) is 18.1 Å². The second-order valence-corrected chi connectivity index (χ2v) is 5.05. The molecule has 0 spiro atoms. The molecule has 0 radical (unpaired) electrons. The SMILES string of the molecule is CNC(Cc1cc(F)ccc1C)C1CC1C. The number of hydrogen-bond acceptors (Lipinski definition) is 1. The van der Waals surface area contributed by atoms with Crippen LogP contribution in [0.25, 0.3) is 0 Å². The van der Waals surface area contributed by atoms with Gasteiger partial charge in [0.2, 0.25) is 0 Å². The number of likely N-dealkylation sites (N-methyl/N-ethyl adjacent to an activating group) is 1. The summed E-state index contributed by atoms with van der Waals surface area (Å²) in [6.07, 6.45) is 2.25. The van der Waals surface area contributed by atoms with Crippen molar-refractivity contribution in [2.24, 2.45) is 11.8 Å². The molecule has 1 aromatic carbocycles. The van der Waals surface area contributed by atoms with E-state index in [1.807, 2.05) is 13.1 Å². The molecular weight excluding hydrogens is 201 g/mol. The minimum atomic E-state index is -0.126. The highest BCUT2D eigenvalue weighted by atomic mass is 19.1. The zero-order chi connectivity index (χ0) is 11.7. The van der Waals surface area contributed by atoms with Crippen LogP contribution >= 0.6 is 0 Å². The highest BCUT2D eigenvalue weighted by Crippen LogP contribution is 2.41. The number of hydrogen-bond donors (Lipinski definition) is 1. The monoisotopic (exact) mass is 221 g/mol. The fraction of sp³-hybridized carbons (Fsp3) is 0.571. The minimum Gasteiger partial charge on any atom is -0.316 e. The van der Waals surface area contributed by atoms with Gasteiger partial charge in [0.25, 0.3) is 0 Å². The molecule has 1 nitrogen and oxygen atoms in total. The molecule has 0 amide bonds. The van der Waals surface area contributed by atoms with Crippen molar-refractivity contribution in [1.29, 1.82) is 0 Å². The normalized spacial score (nSPS) is 25.5. The molecule has 0 aliphatic heterocycles. The highest BCUT2D eigenvalue weighted by molar-refractivity contribution is 5.27. The van der Waals surface area contributed by atoms with Gasteiger partial charge in [-0.1, -0.05) is 13.0 Å². The standard InChI is InChI=1S/C14H20FN/c1-9-4-5-12(15)7-11(9)8-14(16-3)13-6-10(13)2/h4-5,7,10,13-14,16H,6,8H2,1-3H3. The van der Waals surface area contributed by atoms with Crippen molar-refractivity contribution >= 4 is 0 Å². The molecule has 2 heteroatoms. The predicted octanol–water partition coefficient (Wildman–Crippen LogP) is 2.92. The summed E-state index contributed by atoms with van der Waals surface area (Å²) in [7, 11) is 2.00. The molecule has 3 unspecified atom stereocenters. The van der Waals surface area contributed by atoms with Crippen LogP contribution in [0.4, 0.5) is 4.39 Å². The molecule has 0 bridgehead atoms. The average Bonchev–Trinajstić information content (AvgIpc) is 2.97. The van der Waals surface area contributed by atoms with Crippen molar-refractivity contribution in [2.45, 2.75) is 32.7 Å². The van der Waals surface area contributed by atoms with Gasteiger partial charge in [0.05, 0.1) is 0 Å². The van der Waals surface area contributed by atoms with Crippen molar-refractivity contribution in [3.8, 4) is 0 Å². The Morgan fingerprint density at radius 2 is 2.19 bits per heavy atom. The van der Waals surface area contributed by atoms with Crippen LogP contribution in [0.2, 0.25) is 0 Å². The molecule has 1 aliphatic carbocycles. The second-order valence-electron chi connectivity index (χ2n) is 5.05. The Morgan fingerprint density at radius 1 is 1.50 bits per heavy atom. The summed E-state index contributed by atoms with van der Waals surface area (Å²) in [4.78, 5) is 0. The first kappa shape index (κ1) is 11.6. The van der Waals surface area contributed by atoms with E-state index >= 15 is 0 Å². The summed E-state index contributed by atoms with van der Waals surface area (Å²) in [6, 6.07) is 5.57. The summed E-state index contributed by atoms with van der Waals surface area (Å²) < 4.78 is 13.2. The summed E-state index contributed by atoms with van der Waals surface area (Å²) in [5.74, 6) is 1.47. The summed E-state index contributed by atoms with van der Waals surface area (Å²) in [5.41, 5.74) is 2.33. The summed E-state index contributed by atoms with van der Waals surface area (Å²) in [5, 5.41) is 3.37. The zero-order valence-electron chi connectivity index (χ0n) is 10.3. The van der Waals surface area contributed by atoms with Gasteiger partial charge in [0, 0.05) is 6.04 Å². The van der Waals surface area contributed by atoms with Crippen LogP contribution < -0.4 is 5.32 Å². The van der Waals surface area contributed by atoms with Crippen LogP contribution in [0.15, 0.2) is 18.2 Å². The molecule has 0 aromatic heterocycles. The quantitative estimate of drug-likeness (QED) is 0.824. The lowest BCUT2D eigenvalue weighted by Crippen LogP contribution is -2.30. The lowest BCUT2D eigenvalue weighted by Gasteiger charge is -2.17. The van der Waals surface area contributed by atoms with Gasteiger partial charge in [-0.05, 0) is 61.9 Å². The van der Waals surface area contributed by atoms with Gasteiger partial charge in [-0.25, -0.2) is 4.39 Å². The maximum atomic E-state index is 13.2. The van der Waals surface area contributed by atoms with Gasteiger partial charge < -0.3 is 5.32 Å². The van der Waals surface area contributed by atoms with Gasteiger partial charge in [0.1, 0.15) is 5.82 Å². The van der Waals surface area contributed by atoms with Crippen LogP contribution in [0.5, 0.6) is 0 Å². The summed E-state index contributed by atoms with van der Waals surface area (Å²) in [6.45, 7) is 4.34. The van der Waals surface area contributed by atoms with E-state index in [0.717, 1.165) is 23.8 Å². The molecule has 16 heavy (non-hydrogen) atoms. The average molecular weight is 221 g/mol. The molecule has 88 valence electrons. The minimum absolute atomic E-state index is 0.126. The van der Waals surface area contributed by atoms with Crippen LogP contribution in [0, 0.1) is 24.6 Å². The van der Waals surface area contributed by atoms with Crippen molar-refractivity contribution in [3.05, 3.63) is 35.1 Å². The Hall–Kier alpha value is -0.890. The Balaban J connectivity index is 2.09. The second kappa shape index (κ2) is 4.54. The van der Waals surface area contributed by atoms with Crippen molar-refractivity contribution in [1.82, 2.24) is 5.32 Å². The maximum absolute atomic E-state index is 13.2. The topological polar surface area (TPSA) is 12.0 Å². The predicted molar refractivity (Wildman–Crippen MR) is 65.0 cm³/mol. The molecule has 1 fully saturated rings. The van der Waals surface area contributed by atoms with Crippen molar-refractivity contribution < 1.29 is 4.39 Å². The third-order valence-electron chi connectivity index (χ3n) is 3.81. The lowest BCUT2D eigenvalue weighted by atomic mass is 9.97. The molecular formula is C14H20FN. The first-order valence-corrected chi connectivity index (χ1v) is 6.04. The third kappa shape index (κ3) is 2.43. The number of nitrogens with one attached hydrogen (secondary N) is 1. The van der Waals surface area contributed by atoms with Crippen LogP contribution in [0.3, 0.4) is 0 Å². The van der Waals surface area contributed by atoms with E-state index in [0.29, 0.717) is 6.04 Å². The van der Waals surface area contributed by atoms with Gasteiger partial charge in [0.15, 0.2) is 0 Å². The molecule has 0 heterocycles. The number of rotatable bonds is 4. The largest absolute Gasteiger partial charge is 0.316 e. The summed E-state index contributed by atoms with van der Waals surface area (Å²) >= 11 is 0. The first-order chi connectivity index (χ1) is 7.61. The first-order valence-electron chi connectivity index (χ1n) is 6.04. The number of aryl methyl sites for hydroxylation is 1. The van der Waals surface area contributed by atoms with E-state index in [4.69, 9.17) is 0 Å². The van der Waals surface area contributed by atoms with Gasteiger partial charge >= 0.3 is 0 Å². The van der Waals surface area contributed by atoms with Gasteiger partial charge in [-0.3, -0.25) is 0 Å². The molecule has 0 saturated heterocycles. The van der Waals surface area contributed by atoms with Gasteiger partial charge in [-0.2, -0.15) is 0 Å². The number of benzene rings is 1. The molecule has 1 N–H and O–H groups in total. The third-order valence-corrected chi connectivity index (χ3v) is 3.81. The molecule has 1 aliphatic rings. The van der Waals surface area contributed by atoms with E-state index in [1.54, 1.807) is 6.07 Å². The van der Waals surface area contributed by atoms with Crippen molar-refractivity contribution in [3.63, 3.8) is 0 Å². The van der Waals surface area contributed by atoms with E-state index in [-0.39, 0.29) is 5.82 Å². The van der Waals surface area contributed by atoms with E-state index in [2.05, 4.69) is 19.2 Å². The smallest absolute Gasteiger partial charge is 0.123 e. The zero-order valence-corrected chi connectivity index (χ0v) is 10.3. The van der Waals surface area contributed by atoms with Crippen molar-refractivity contribution in [2.75, 3.05) is 7.05 Å². The van der Waals surface area contributed by atoms with Crippen LogP contribution in [-0.2, 0) is 6.42 Å². The fourth-order valence-electron chi connectivity index (χ4n) is 2.48. The molecule has 2 rings (SSSR count). The Bertz CT molecular complexity index is 375. The lowest BCUT2D eigenvalue weighted by molar-refractivity contribution is 0.477. The Kier molecular flexibility index (Phi) is 3.29. The van der Waals surface area contributed by atoms with Crippen LogP contribution in [-0.4, -0.2) is 13.1 Å². The number of halogens is 1. The Labute approximate surface area is 97.1 Å². The van der Waals surface area contributed by atoms with Gasteiger partial charge in [-0.15, -0.1) is 0 Å². The van der Waals surface area contributed by atoms with E-state index < -0.39 is 0 Å². The highest BCUT2D eigenvalue weighted by Gasteiger charge is 2.38. The molecule has 1 saturated carbocycles. The van der Waals surface area contributed by atoms with Crippen LogP contribution in [0.1, 0.15) is 24.5 Å². The Morgan fingerprint density at radius 3 is 2.75 bits per heavy atom. The molecule has 1 aromatic rings. The fourth-order valence-corrected chi connectivity index (χ4v) is 2.48. The molecule has 3 atom stereocenters.